The molecule has 2 aromatic carbocycles. The van der Waals surface area contributed by atoms with Gasteiger partial charge in [0.15, 0.2) is 11.5 Å². The summed E-state index contributed by atoms with van der Waals surface area (Å²) in [6, 6.07) is 10.9. The fraction of sp³-hybridized carbons (Fsp3) is 0.316. The molecular weight excluding hydrogens is 374 g/mol. The Kier molecular flexibility index (Phi) is 6.16. The largest absolute Gasteiger partial charge is 0.496 e. The zero-order valence-corrected chi connectivity index (χ0v) is 16.2. The molecule has 5 nitrogen and oxygen atoms in total. The second-order valence-electron chi connectivity index (χ2n) is 5.76. The Balaban J connectivity index is 1.59. The van der Waals surface area contributed by atoms with Crippen molar-refractivity contribution in [1.82, 2.24) is 0 Å². The monoisotopic (exact) mass is 393 g/mol. The molecule has 0 fully saturated rings. The van der Waals surface area contributed by atoms with Crippen molar-refractivity contribution >= 4 is 35.0 Å². The number of benzene rings is 2. The number of thioether (sulfide) groups is 1. The molecular formula is C19H20ClNO4S. The summed E-state index contributed by atoms with van der Waals surface area (Å²) < 4.78 is 16.4. The topological polar surface area (TPSA) is 56.8 Å². The SMILES string of the molecule is COc1ccc(Cl)cc1CSC(C)C(=O)Nc1ccc2c(c1)OCCO2. The summed E-state index contributed by atoms with van der Waals surface area (Å²) in [6.07, 6.45) is 0. The lowest BCUT2D eigenvalue weighted by atomic mass is 10.2. The molecule has 0 radical (unpaired) electrons. The van der Waals surface area contributed by atoms with E-state index in [1.54, 1.807) is 25.3 Å². The van der Waals surface area contributed by atoms with Crippen LogP contribution in [0.2, 0.25) is 5.02 Å². The van der Waals surface area contributed by atoms with Gasteiger partial charge in [0.05, 0.1) is 12.4 Å². The molecule has 1 aliphatic rings. The predicted octanol–water partition coefficient (Wildman–Crippen LogP) is 4.38. The number of nitrogens with one attached hydrogen (secondary N) is 1. The zero-order chi connectivity index (χ0) is 18.5. The van der Waals surface area contributed by atoms with E-state index in [-0.39, 0.29) is 11.2 Å². The number of carbonyl (C=O) groups excluding carboxylic acids is 1. The van der Waals surface area contributed by atoms with E-state index in [0.29, 0.717) is 41.2 Å². The van der Waals surface area contributed by atoms with Crippen LogP contribution in [0.5, 0.6) is 17.2 Å². The molecule has 3 rings (SSSR count). The van der Waals surface area contributed by atoms with Gasteiger partial charge in [0.25, 0.3) is 0 Å². The standard InChI is InChI=1S/C19H20ClNO4S/c1-12(26-11-13-9-14(20)3-5-16(13)23-2)19(22)21-15-4-6-17-18(10-15)25-8-7-24-17/h3-6,9-10,12H,7-8,11H2,1-2H3,(H,21,22). The number of carbonyl (C=O) groups is 1. The van der Waals surface area contributed by atoms with E-state index in [1.165, 1.54) is 11.8 Å². The highest BCUT2D eigenvalue weighted by molar-refractivity contribution is 7.99. The molecule has 1 amide bonds. The van der Waals surface area contributed by atoms with Crippen molar-refractivity contribution in [3.63, 3.8) is 0 Å². The Hall–Kier alpha value is -2.05. The highest BCUT2D eigenvalue weighted by Gasteiger charge is 2.17. The van der Waals surface area contributed by atoms with Gasteiger partial charge in [0.1, 0.15) is 19.0 Å². The van der Waals surface area contributed by atoms with E-state index in [1.807, 2.05) is 25.1 Å². The molecule has 0 spiro atoms. The van der Waals surface area contributed by atoms with Gasteiger partial charge in [0.2, 0.25) is 5.91 Å². The fourth-order valence-electron chi connectivity index (χ4n) is 2.52. The molecule has 0 aromatic heterocycles. The number of halogens is 1. The number of hydrogen-bond acceptors (Lipinski definition) is 5. The average Bonchev–Trinajstić information content (AvgIpc) is 2.66. The number of anilines is 1. The second kappa shape index (κ2) is 8.56. The van der Waals surface area contributed by atoms with Crippen LogP contribution in [-0.4, -0.2) is 31.5 Å². The summed E-state index contributed by atoms with van der Waals surface area (Å²) in [6.45, 7) is 2.92. The van der Waals surface area contributed by atoms with Gasteiger partial charge < -0.3 is 19.5 Å². The van der Waals surface area contributed by atoms with E-state index in [2.05, 4.69) is 5.32 Å². The Bertz CT molecular complexity index is 799. The van der Waals surface area contributed by atoms with Gasteiger partial charge in [-0.25, -0.2) is 0 Å². The molecule has 1 aliphatic heterocycles. The molecule has 1 heterocycles. The predicted molar refractivity (Wildman–Crippen MR) is 105 cm³/mol. The first-order chi connectivity index (χ1) is 12.6. The Morgan fingerprint density at radius 3 is 2.77 bits per heavy atom. The van der Waals surface area contributed by atoms with Gasteiger partial charge in [0, 0.05) is 28.1 Å². The van der Waals surface area contributed by atoms with E-state index in [4.69, 9.17) is 25.8 Å². The molecule has 138 valence electrons. The lowest BCUT2D eigenvalue weighted by Crippen LogP contribution is -2.23. The summed E-state index contributed by atoms with van der Waals surface area (Å²) in [5, 5.41) is 3.32. The third-order valence-electron chi connectivity index (χ3n) is 3.91. The molecule has 26 heavy (non-hydrogen) atoms. The molecule has 0 bridgehead atoms. The van der Waals surface area contributed by atoms with Gasteiger partial charge in [-0.2, -0.15) is 0 Å². The van der Waals surface area contributed by atoms with Crippen molar-refractivity contribution in [1.29, 1.82) is 0 Å². The van der Waals surface area contributed by atoms with Gasteiger partial charge in [-0.05, 0) is 37.3 Å². The average molecular weight is 394 g/mol. The maximum atomic E-state index is 12.5. The van der Waals surface area contributed by atoms with Crippen LogP contribution in [0.25, 0.3) is 0 Å². The maximum Gasteiger partial charge on any atom is 0.237 e. The first kappa shape index (κ1) is 18.7. The van der Waals surface area contributed by atoms with Crippen LogP contribution >= 0.6 is 23.4 Å². The van der Waals surface area contributed by atoms with Crippen LogP contribution in [-0.2, 0) is 10.5 Å². The van der Waals surface area contributed by atoms with Crippen LogP contribution in [0.1, 0.15) is 12.5 Å². The van der Waals surface area contributed by atoms with Crippen LogP contribution in [0.4, 0.5) is 5.69 Å². The van der Waals surface area contributed by atoms with Crippen molar-refractivity contribution in [3.8, 4) is 17.2 Å². The van der Waals surface area contributed by atoms with E-state index in [0.717, 1.165) is 11.3 Å². The molecule has 1 unspecified atom stereocenters. The summed E-state index contributed by atoms with van der Waals surface area (Å²) in [4.78, 5) is 12.5. The van der Waals surface area contributed by atoms with Crippen LogP contribution < -0.4 is 19.5 Å². The minimum Gasteiger partial charge on any atom is -0.496 e. The Morgan fingerprint density at radius 2 is 2.00 bits per heavy atom. The van der Waals surface area contributed by atoms with Gasteiger partial charge >= 0.3 is 0 Å². The van der Waals surface area contributed by atoms with Crippen molar-refractivity contribution < 1.29 is 19.0 Å². The third-order valence-corrected chi connectivity index (χ3v) is 5.34. The number of amides is 1. The fourth-order valence-corrected chi connectivity index (χ4v) is 3.58. The van der Waals surface area contributed by atoms with Crippen molar-refractivity contribution in [2.75, 3.05) is 25.6 Å². The smallest absolute Gasteiger partial charge is 0.237 e. The van der Waals surface area contributed by atoms with Crippen molar-refractivity contribution in [2.45, 2.75) is 17.9 Å². The number of methoxy groups -OCH3 is 1. The highest BCUT2D eigenvalue weighted by atomic mass is 35.5. The van der Waals surface area contributed by atoms with Gasteiger partial charge in [-0.15, -0.1) is 11.8 Å². The molecule has 0 saturated carbocycles. The second-order valence-corrected chi connectivity index (χ2v) is 7.52. The lowest BCUT2D eigenvalue weighted by Gasteiger charge is -2.19. The first-order valence-corrected chi connectivity index (χ1v) is 9.64. The van der Waals surface area contributed by atoms with Gasteiger partial charge in [-0.1, -0.05) is 11.6 Å². The van der Waals surface area contributed by atoms with Crippen LogP contribution in [0.3, 0.4) is 0 Å². The van der Waals surface area contributed by atoms with E-state index < -0.39 is 0 Å². The number of hydrogen-bond donors (Lipinski definition) is 1. The van der Waals surface area contributed by atoms with Crippen molar-refractivity contribution in [2.24, 2.45) is 0 Å². The summed E-state index contributed by atoms with van der Waals surface area (Å²) in [7, 11) is 1.62. The molecule has 0 saturated heterocycles. The molecule has 0 aliphatic carbocycles. The highest BCUT2D eigenvalue weighted by Crippen LogP contribution is 2.33. The number of fused-ring (bicyclic) bond motifs is 1. The zero-order valence-electron chi connectivity index (χ0n) is 14.6. The first-order valence-electron chi connectivity index (χ1n) is 8.21. The molecule has 2 aromatic rings. The quantitative estimate of drug-likeness (QED) is 0.789. The maximum absolute atomic E-state index is 12.5. The van der Waals surface area contributed by atoms with E-state index >= 15 is 0 Å². The lowest BCUT2D eigenvalue weighted by molar-refractivity contribution is -0.115. The van der Waals surface area contributed by atoms with Crippen molar-refractivity contribution in [3.05, 3.63) is 47.0 Å². The molecule has 1 atom stereocenters. The summed E-state index contributed by atoms with van der Waals surface area (Å²) >= 11 is 7.57. The summed E-state index contributed by atoms with van der Waals surface area (Å²) in [5.74, 6) is 2.66. The Labute approximate surface area is 162 Å². The minimum absolute atomic E-state index is 0.0762. The molecule has 1 N–H and O–H groups in total. The van der Waals surface area contributed by atoms with Gasteiger partial charge in [-0.3, -0.25) is 4.79 Å². The normalized spacial score (nSPS) is 13.8. The molecule has 7 heteroatoms. The van der Waals surface area contributed by atoms with E-state index in [9.17, 15) is 4.79 Å². The number of ether oxygens (including phenoxy) is 3. The minimum atomic E-state index is -0.244. The van der Waals surface area contributed by atoms with Crippen LogP contribution in [0, 0.1) is 0 Å². The summed E-state index contributed by atoms with van der Waals surface area (Å²) in [5.41, 5.74) is 1.65. The van der Waals surface area contributed by atoms with Crippen LogP contribution in [0.15, 0.2) is 36.4 Å². The Morgan fingerprint density at radius 1 is 1.23 bits per heavy atom. The number of rotatable bonds is 6. The third kappa shape index (κ3) is 4.56.